The molecule has 1 heterocycles. The van der Waals surface area contributed by atoms with Gasteiger partial charge in [0.1, 0.15) is 5.82 Å². The van der Waals surface area contributed by atoms with Crippen molar-refractivity contribution in [2.75, 3.05) is 0 Å². The molecule has 24 heavy (non-hydrogen) atoms. The third kappa shape index (κ3) is 3.10. The van der Waals surface area contributed by atoms with Gasteiger partial charge in [-0.25, -0.2) is 4.98 Å². The summed E-state index contributed by atoms with van der Waals surface area (Å²) in [6, 6.07) is 28.6. The van der Waals surface area contributed by atoms with Gasteiger partial charge in [-0.05, 0) is 23.1 Å². The number of nitrogens with zero attached hydrogens (tertiary/aromatic N) is 1. The Labute approximate surface area is 141 Å². The number of rotatable bonds is 5. The molecule has 1 aromatic heterocycles. The van der Waals surface area contributed by atoms with Gasteiger partial charge in [0.25, 0.3) is 0 Å². The van der Waals surface area contributed by atoms with Crippen LogP contribution < -0.4 is 10.9 Å². The first-order chi connectivity index (χ1) is 11.9. The fourth-order valence-electron chi connectivity index (χ4n) is 2.88. The molecule has 4 rings (SSSR count). The second-order valence-corrected chi connectivity index (χ2v) is 5.71. The highest BCUT2D eigenvalue weighted by Gasteiger charge is 2.21. The Balaban J connectivity index is 1.60. The van der Waals surface area contributed by atoms with Crippen LogP contribution in [0.1, 0.15) is 5.82 Å². The fourth-order valence-corrected chi connectivity index (χ4v) is 2.88. The lowest BCUT2D eigenvalue weighted by atomic mass is 9.55. The number of aromatic amines is 1. The summed E-state index contributed by atoms with van der Waals surface area (Å²) in [5.74, 6) is 0.841. The normalized spacial score (nSPS) is 10.8. The van der Waals surface area contributed by atoms with Crippen LogP contribution >= 0.6 is 0 Å². The van der Waals surface area contributed by atoms with E-state index in [0.29, 0.717) is 6.61 Å². The van der Waals surface area contributed by atoms with Gasteiger partial charge < -0.3 is 9.64 Å². The van der Waals surface area contributed by atoms with E-state index in [-0.39, 0.29) is 6.92 Å². The zero-order chi connectivity index (χ0) is 16.2. The van der Waals surface area contributed by atoms with Crippen molar-refractivity contribution in [1.29, 1.82) is 0 Å². The maximum atomic E-state index is 6.24. The smallest absolute Gasteiger partial charge is 0.361 e. The van der Waals surface area contributed by atoms with Crippen LogP contribution in [0.4, 0.5) is 0 Å². The van der Waals surface area contributed by atoms with Crippen molar-refractivity contribution in [3.63, 3.8) is 0 Å². The molecule has 0 atom stereocenters. The van der Waals surface area contributed by atoms with Gasteiger partial charge in [-0.15, -0.1) is 0 Å². The predicted octanol–water partition coefficient (Wildman–Crippen LogP) is 2.89. The topological polar surface area (TPSA) is 37.9 Å². The molecule has 0 aliphatic carbocycles. The molecule has 0 amide bonds. The molecule has 0 spiro atoms. The molecule has 0 aliphatic heterocycles. The molecule has 0 saturated heterocycles. The molecular weight excluding hydrogens is 295 g/mol. The summed E-state index contributed by atoms with van der Waals surface area (Å²) in [5, 5.41) is 0. The van der Waals surface area contributed by atoms with Gasteiger partial charge in [0.2, 0.25) is 0 Å². The summed E-state index contributed by atoms with van der Waals surface area (Å²) < 4.78 is 6.24. The van der Waals surface area contributed by atoms with Crippen LogP contribution in [-0.2, 0) is 11.3 Å². The number of nitrogens with one attached hydrogen (secondary N) is 1. The van der Waals surface area contributed by atoms with E-state index in [1.807, 2.05) is 60.7 Å². The number of imidazole rings is 1. The standard InChI is InChI=1S/C20H17BN2O/c1-3-9-16(10-4-1)21(17-11-5-2-6-12-17)24-15-20-22-18-13-7-8-14-19(18)23-20/h1-14H,15H2,(H,22,23). The minimum Gasteiger partial charge on any atom is -0.419 e. The molecule has 0 fully saturated rings. The number of hydrogen-bond donors (Lipinski definition) is 1. The lowest BCUT2D eigenvalue weighted by Crippen LogP contribution is -2.44. The van der Waals surface area contributed by atoms with E-state index in [9.17, 15) is 0 Å². The molecule has 4 heteroatoms. The number of H-pyrrole nitrogens is 1. The Morgan fingerprint density at radius 2 is 1.33 bits per heavy atom. The number of hydrogen-bond acceptors (Lipinski definition) is 2. The van der Waals surface area contributed by atoms with Crippen LogP contribution in [0.5, 0.6) is 0 Å². The predicted molar refractivity (Wildman–Crippen MR) is 98.8 cm³/mol. The Morgan fingerprint density at radius 1 is 0.750 bits per heavy atom. The molecule has 3 aromatic carbocycles. The van der Waals surface area contributed by atoms with Crippen LogP contribution in [0, 0.1) is 0 Å². The first kappa shape index (κ1) is 14.7. The number of fused-ring (bicyclic) bond motifs is 1. The highest BCUT2D eigenvalue weighted by Crippen LogP contribution is 2.11. The van der Waals surface area contributed by atoms with Gasteiger partial charge in [0.05, 0.1) is 17.6 Å². The lowest BCUT2D eigenvalue weighted by molar-refractivity contribution is 0.312. The highest BCUT2D eigenvalue weighted by molar-refractivity contribution is 6.79. The first-order valence-corrected chi connectivity index (χ1v) is 8.05. The second-order valence-electron chi connectivity index (χ2n) is 5.71. The van der Waals surface area contributed by atoms with E-state index in [1.54, 1.807) is 0 Å². The summed E-state index contributed by atoms with van der Waals surface area (Å²) in [6.07, 6.45) is 0. The van der Waals surface area contributed by atoms with Crippen molar-refractivity contribution >= 4 is 28.9 Å². The maximum absolute atomic E-state index is 6.24. The zero-order valence-corrected chi connectivity index (χ0v) is 13.2. The average molecular weight is 312 g/mol. The molecule has 1 N–H and O–H groups in total. The van der Waals surface area contributed by atoms with Gasteiger partial charge in [-0.1, -0.05) is 72.8 Å². The van der Waals surface area contributed by atoms with Crippen LogP contribution in [0.3, 0.4) is 0 Å². The molecule has 0 saturated carbocycles. The van der Waals surface area contributed by atoms with Crippen molar-refractivity contribution in [2.24, 2.45) is 0 Å². The Bertz CT molecular complexity index is 849. The molecule has 0 bridgehead atoms. The summed E-state index contributed by atoms with van der Waals surface area (Å²) in [7, 11) is 0. The summed E-state index contributed by atoms with van der Waals surface area (Å²) in [5.41, 5.74) is 4.28. The first-order valence-electron chi connectivity index (χ1n) is 8.05. The van der Waals surface area contributed by atoms with E-state index < -0.39 is 0 Å². The van der Waals surface area contributed by atoms with Crippen LogP contribution in [0.15, 0.2) is 84.9 Å². The Kier molecular flexibility index (Phi) is 4.13. The van der Waals surface area contributed by atoms with Crippen molar-refractivity contribution in [3.05, 3.63) is 90.8 Å². The average Bonchev–Trinajstić information content (AvgIpc) is 3.07. The number of benzene rings is 3. The van der Waals surface area contributed by atoms with Crippen molar-refractivity contribution < 1.29 is 4.65 Å². The monoisotopic (exact) mass is 312 g/mol. The van der Waals surface area contributed by atoms with Gasteiger partial charge in [-0.3, -0.25) is 0 Å². The maximum Gasteiger partial charge on any atom is 0.361 e. The van der Waals surface area contributed by atoms with E-state index in [2.05, 4.69) is 34.2 Å². The SMILES string of the molecule is c1ccc(B(OCc2nc3ccccc3[nH]2)c2ccccc2)cc1. The molecule has 0 radical (unpaired) electrons. The molecule has 4 aromatic rings. The van der Waals surface area contributed by atoms with Crippen LogP contribution in [0.25, 0.3) is 11.0 Å². The Hall–Kier alpha value is -2.85. The third-order valence-corrected chi connectivity index (χ3v) is 4.03. The number of aromatic nitrogens is 2. The minimum atomic E-state index is -0.111. The molecule has 0 unspecified atom stereocenters. The van der Waals surface area contributed by atoms with Crippen LogP contribution in [-0.4, -0.2) is 16.9 Å². The van der Waals surface area contributed by atoms with Crippen molar-refractivity contribution in [2.45, 2.75) is 6.61 Å². The van der Waals surface area contributed by atoms with Gasteiger partial charge in [0, 0.05) is 0 Å². The summed E-state index contributed by atoms with van der Waals surface area (Å²) in [4.78, 5) is 7.91. The summed E-state index contributed by atoms with van der Waals surface area (Å²) in [6.45, 7) is 0.323. The zero-order valence-electron chi connectivity index (χ0n) is 13.2. The van der Waals surface area contributed by atoms with Gasteiger partial charge in [0.15, 0.2) is 0 Å². The fraction of sp³-hybridized carbons (Fsp3) is 0.0500. The number of para-hydroxylation sites is 2. The molecule has 116 valence electrons. The van der Waals surface area contributed by atoms with Gasteiger partial charge in [-0.2, -0.15) is 0 Å². The third-order valence-electron chi connectivity index (χ3n) is 4.03. The lowest BCUT2D eigenvalue weighted by Gasteiger charge is -2.14. The minimum absolute atomic E-state index is 0.111. The highest BCUT2D eigenvalue weighted by atomic mass is 16.4. The molecular formula is C20H17BN2O. The van der Waals surface area contributed by atoms with E-state index in [1.165, 1.54) is 0 Å². The van der Waals surface area contributed by atoms with Crippen molar-refractivity contribution in [1.82, 2.24) is 9.97 Å². The van der Waals surface area contributed by atoms with Crippen molar-refractivity contribution in [3.8, 4) is 0 Å². The molecule has 3 nitrogen and oxygen atoms in total. The largest absolute Gasteiger partial charge is 0.419 e. The second kappa shape index (κ2) is 6.73. The van der Waals surface area contributed by atoms with E-state index >= 15 is 0 Å². The Morgan fingerprint density at radius 3 is 1.96 bits per heavy atom. The van der Waals surface area contributed by atoms with Crippen LogP contribution in [0.2, 0.25) is 0 Å². The summed E-state index contributed by atoms with van der Waals surface area (Å²) >= 11 is 0. The van der Waals surface area contributed by atoms with Gasteiger partial charge >= 0.3 is 6.92 Å². The quantitative estimate of drug-likeness (QED) is 0.575. The molecule has 0 aliphatic rings. The van der Waals surface area contributed by atoms with E-state index in [0.717, 1.165) is 27.8 Å². The van der Waals surface area contributed by atoms with E-state index in [4.69, 9.17) is 4.65 Å².